The normalized spacial score (nSPS) is 20.3. The van der Waals surface area contributed by atoms with Crippen LogP contribution in [0.15, 0.2) is 6.07 Å². The predicted molar refractivity (Wildman–Crippen MR) is 67.3 cm³/mol. The van der Waals surface area contributed by atoms with Gasteiger partial charge in [0, 0.05) is 22.8 Å². The number of thiophene rings is 1. The Bertz CT molecular complexity index is 467. The van der Waals surface area contributed by atoms with Gasteiger partial charge in [0.1, 0.15) is 6.04 Å². The van der Waals surface area contributed by atoms with Crippen LogP contribution in [0.1, 0.15) is 27.0 Å². The molecule has 1 aromatic rings. The lowest BCUT2D eigenvalue weighted by atomic mass is 10.1. The molecule has 0 aromatic carbocycles. The zero-order valence-corrected chi connectivity index (χ0v) is 11.1. The first-order valence-electron chi connectivity index (χ1n) is 5.66. The van der Waals surface area contributed by atoms with Crippen LogP contribution in [0.4, 0.5) is 0 Å². The molecule has 2 amide bonds. The molecule has 1 fully saturated rings. The Morgan fingerprint density at radius 2 is 2.24 bits per heavy atom. The van der Waals surface area contributed by atoms with Crippen LogP contribution in [0.3, 0.4) is 0 Å². The van der Waals surface area contributed by atoms with Gasteiger partial charge in [-0.25, -0.2) is 0 Å². The molecule has 1 atom stereocenters. The second-order valence-corrected chi connectivity index (χ2v) is 5.75. The topological polar surface area (TPSA) is 49.4 Å². The van der Waals surface area contributed by atoms with Gasteiger partial charge in [-0.2, -0.15) is 0 Å². The molecule has 2 heterocycles. The molecule has 0 spiro atoms. The minimum Gasteiger partial charge on any atom is -0.353 e. The zero-order chi connectivity index (χ0) is 12.6. The molecule has 1 aromatic heterocycles. The van der Waals surface area contributed by atoms with Crippen molar-refractivity contribution in [1.29, 1.82) is 0 Å². The van der Waals surface area contributed by atoms with Crippen molar-refractivity contribution >= 4 is 23.2 Å². The summed E-state index contributed by atoms with van der Waals surface area (Å²) >= 11 is 1.62. The van der Waals surface area contributed by atoms with Crippen LogP contribution >= 0.6 is 11.3 Å². The lowest BCUT2D eigenvalue weighted by Gasteiger charge is -2.32. The summed E-state index contributed by atoms with van der Waals surface area (Å²) in [6, 6.07) is 1.53. The Balaban J connectivity index is 2.25. The minimum absolute atomic E-state index is 0.0331. The van der Waals surface area contributed by atoms with Crippen molar-refractivity contribution in [3.63, 3.8) is 0 Å². The van der Waals surface area contributed by atoms with Crippen LogP contribution in [0.2, 0.25) is 0 Å². The monoisotopic (exact) mass is 252 g/mol. The summed E-state index contributed by atoms with van der Waals surface area (Å²) in [5.74, 6) is -0.108. The highest BCUT2D eigenvalue weighted by molar-refractivity contribution is 7.12. The number of carbonyl (C=O) groups excluding carboxylic acids is 2. The number of hydrogen-bond acceptors (Lipinski definition) is 3. The van der Waals surface area contributed by atoms with Crippen molar-refractivity contribution in [2.45, 2.75) is 26.8 Å². The third-order valence-electron chi connectivity index (χ3n) is 3.03. The van der Waals surface area contributed by atoms with Crippen molar-refractivity contribution in [3.8, 4) is 0 Å². The SMILES string of the molecule is Cc1cc(C(=O)N2CCNC(=O)C2C)c(C)s1. The molecule has 4 nitrogen and oxygen atoms in total. The molecule has 1 aliphatic rings. The van der Waals surface area contributed by atoms with Gasteiger partial charge in [-0.05, 0) is 26.8 Å². The number of rotatable bonds is 1. The smallest absolute Gasteiger partial charge is 0.255 e. The van der Waals surface area contributed by atoms with Gasteiger partial charge in [-0.15, -0.1) is 11.3 Å². The van der Waals surface area contributed by atoms with E-state index in [0.717, 1.165) is 15.3 Å². The highest BCUT2D eigenvalue weighted by Crippen LogP contribution is 2.23. The van der Waals surface area contributed by atoms with Crippen molar-refractivity contribution in [2.75, 3.05) is 13.1 Å². The van der Waals surface area contributed by atoms with E-state index < -0.39 is 0 Å². The highest BCUT2D eigenvalue weighted by Gasteiger charge is 2.30. The van der Waals surface area contributed by atoms with Gasteiger partial charge in [0.05, 0.1) is 5.56 Å². The van der Waals surface area contributed by atoms with E-state index in [1.807, 2.05) is 19.9 Å². The number of carbonyl (C=O) groups is 2. The van der Waals surface area contributed by atoms with Crippen LogP contribution in [-0.4, -0.2) is 35.8 Å². The number of aryl methyl sites for hydroxylation is 2. The first-order chi connectivity index (χ1) is 8.00. The van der Waals surface area contributed by atoms with Gasteiger partial charge in [0.2, 0.25) is 5.91 Å². The maximum atomic E-state index is 12.3. The molecule has 17 heavy (non-hydrogen) atoms. The van der Waals surface area contributed by atoms with Gasteiger partial charge in [-0.3, -0.25) is 9.59 Å². The standard InChI is InChI=1S/C12H16N2O2S/c1-7-6-10(9(3)17-7)12(16)14-5-4-13-11(15)8(14)2/h6,8H,4-5H2,1-3H3,(H,13,15). The summed E-state index contributed by atoms with van der Waals surface area (Å²) < 4.78 is 0. The fraction of sp³-hybridized carbons (Fsp3) is 0.500. The van der Waals surface area contributed by atoms with E-state index in [1.54, 1.807) is 23.2 Å². The number of nitrogens with zero attached hydrogens (tertiary/aromatic N) is 1. The molecule has 92 valence electrons. The van der Waals surface area contributed by atoms with Crippen molar-refractivity contribution < 1.29 is 9.59 Å². The summed E-state index contributed by atoms with van der Waals surface area (Å²) in [5, 5.41) is 2.76. The molecule has 1 aliphatic heterocycles. The molecule has 1 unspecified atom stereocenters. The van der Waals surface area contributed by atoms with Crippen molar-refractivity contribution in [1.82, 2.24) is 10.2 Å². The summed E-state index contributed by atoms with van der Waals surface area (Å²) in [4.78, 5) is 27.7. The molecule has 0 radical (unpaired) electrons. The largest absolute Gasteiger partial charge is 0.353 e. The number of piperazine rings is 1. The quantitative estimate of drug-likeness (QED) is 0.819. The summed E-state index contributed by atoms with van der Waals surface area (Å²) in [6.07, 6.45) is 0. The Kier molecular flexibility index (Phi) is 3.19. The lowest BCUT2D eigenvalue weighted by Crippen LogP contribution is -2.55. The average molecular weight is 252 g/mol. The summed E-state index contributed by atoms with van der Waals surface area (Å²) in [7, 11) is 0. The molecule has 2 rings (SSSR count). The van der Waals surface area contributed by atoms with Gasteiger partial charge < -0.3 is 10.2 Å². The number of amides is 2. The molecule has 0 aliphatic carbocycles. The highest BCUT2D eigenvalue weighted by atomic mass is 32.1. The zero-order valence-electron chi connectivity index (χ0n) is 10.2. The van der Waals surface area contributed by atoms with E-state index in [1.165, 1.54) is 0 Å². The Labute approximate surface area is 105 Å². The van der Waals surface area contributed by atoms with E-state index in [9.17, 15) is 9.59 Å². The maximum Gasteiger partial charge on any atom is 0.255 e. The third kappa shape index (κ3) is 2.20. The van der Waals surface area contributed by atoms with Crippen LogP contribution < -0.4 is 5.32 Å². The van der Waals surface area contributed by atoms with Crippen molar-refractivity contribution in [2.24, 2.45) is 0 Å². The third-order valence-corrected chi connectivity index (χ3v) is 4.00. The Morgan fingerprint density at radius 3 is 2.82 bits per heavy atom. The van der Waals surface area contributed by atoms with Gasteiger partial charge in [0.25, 0.3) is 5.91 Å². The number of nitrogens with one attached hydrogen (secondary N) is 1. The van der Waals surface area contributed by atoms with Crippen LogP contribution in [0.25, 0.3) is 0 Å². The van der Waals surface area contributed by atoms with Crippen LogP contribution in [0, 0.1) is 13.8 Å². The van der Waals surface area contributed by atoms with Crippen molar-refractivity contribution in [3.05, 3.63) is 21.4 Å². The maximum absolute atomic E-state index is 12.3. The van der Waals surface area contributed by atoms with E-state index >= 15 is 0 Å². The van der Waals surface area contributed by atoms with Gasteiger partial charge in [-0.1, -0.05) is 0 Å². The van der Waals surface area contributed by atoms with E-state index in [2.05, 4.69) is 5.32 Å². The van der Waals surface area contributed by atoms with Gasteiger partial charge in [0.15, 0.2) is 0 Å². The minimum atomic E-state index is -0.379. The fourth-order valence-electron chi connectivity index (χ4n) is 2.06. The molecule has 0 bridgehead atoms. The summed E-state index contributed by atoms with van der Waals surface area (Å²) in [6.45, 7) is 6.82. The lowest BCUT2D eigenvalue weighted by molar-refractivity contribution is -0.127. The summed E-state index contributed by atoms with van der Waals surface area (Å²) in [5.41, 5.74) is 0.731. The Morgan fingerprint density at radius 1 is 1.53 bits per heavy atom. The molecule has 1 N–H and O–H groups in total. The molecule has 5 heteroatoms. The molecule has 1 saturated heterocycles. The fourth-order valence-corrected chi connectivity index (χ4v) is 2.97. The molecular formula is C12H16N2O2S. The van der Waals surface area contributed by atoms with Crippen LogP contribution in [-0.2, 0) is 4.79 Å². The first-order valence-corrected chi connectivity index (χ1v) is 6.48. The van der Waals surface area contributed by atoms with E-state index in [4.69, 9.17) is 0 Å². The van der Waals surface area contributed by atoms with E-state index in [-0.39, 0.29) is 17.9 Å². The molecular weight excluding hydrogens is 236 g/mol. The second-order valence-electron chi connectivity index (χ2n) is 4.29. The second kappa shape index (κ2) is 4.49. The van der Waals surface area contributed by atoms with Crippen LogP contribution in [0.5, 0.6) is 0 Å². The predicted octanol–water partition coefficient (Wildman–Crippen LogP) is 1.33. The first kappa shape index (κ1) is 12.1. The average Bonchev–Trinajstić information content (AvgIpc) is 2.61. The number of hydrogen-bond donors (Lipinski definition) is 1. The van der Waals surface area contributed by atoms with Gasteiger partial charge >= 0.3 is 0 Å². The van der Waals surface area contributed by atoms with E-state index in [0.29, 0.717) is 13.1 Å². The Hall–Kier alpha value is -1.36. The molecule has 0 saturated carbocycles.